The lowest BCUT2D eigenvalue weighted by Crippen LogP contribution is -2.40. The van der Waals surface area contributed by atoms with Gasteiger partial charge in [0, 0.05) is 32.2 Å². The van der Waals surface area contributed by atoms with E-state index in [-0.39, 0.29) is 11.8 Å². The largest absolute Gasteiger partial charge is 0.382 e. The van der Waals surface area contributed by atoms with Gasteiger partial charge in [0.1, 0.15) is 0 Å². The van der Waals surface area contributed by atoms with Gasteiger partial charge in [0.05, 0.1) is 0 Å². The highest BCUT2D eigenvalue weighted by Crippen LogP contribution is 2.17. The number of carbonyl (C=O) groups excluding carboxylic acids is 1. The Kier molecular flexibility index (Phi) is 8.56. The number of hydrogen-bond donors (Lipinski definition) is 1. The maximum Gasteiger partial charge on any atom is 0.223 e. The first-order valence-corrected chi connectivity index (χ1v) is 9.09. The van der Waals surface area contributed by atoms with Crippen molar-refractivity contribution in [1.82, 2.24) is 10.2 Å². The van der Waals surface area contributed by atoms with Gasteiger partial charge in [-0.05, 0) is 44.8 Å². The Labute approximate surface area is 145 Å². The Bertz CT molecular complexity index is 494. The minimum atomic E-state index is 0.173. The lowest BCUT2D eigenvalue weighted by Gasteiger charge is -2.30. The van der Waals surface area contributed by atoms with E-state index >= 15 is 0 Å². The molecule has 0 aliphatic carbocycles. The average molecular weight is 330 g/mol. The molecule has 0 aromatic heterocycles. The third-order valence-electron chi connectivity index (χ3n) is 4.40. The van der Waals surface area contributed by atoms with Crippen molar-refractivity contribution in [2.45, 2.75) is 26.2 Å². The van der Waals surface area contributed by atoms with Crippen LogP contribution in [0.1, 0.15) is 31.7 Å². The number of hydrogen-bond acceptors (Lipinski definition) is 3. The van der Waals surface area contributed by atoms with Gasteiger partial charge in [-0.25, -0.2) is 0 Å². The van der Waals surface area contributed by atoms with Gasteiger partial charge in [-0.1, -0.05) is 42.5 Å². The molecule has 1 N–H and O–H groups in total. The molecular formula is C20H30N2O2. The summed E-state index contributed by atoms with van der Waals surface area (Å²) in [4.78, 5) is 14.6. The van der Waals surface area contributed by atoms with Crippen molar-refractivity contribution in [1.29, 1.82) is 0 Å². The highest BCUT2D eigenvalue weighted by atomic mass is 16.5. The van der Waals surface area contributed by atoms with Crippen LogP contribution in [0.15, 0.2) is 36.4 Å². The number of ether oxygens (including phenoxy) is 1. The molecule has 24 heavy (non-hydrogen) atoms. The molecule has 0 saturated carbocycles. The van der Waals surface area contributed by atoms with Gasteiger partial charge in [-0.3, -0.25) is 9.69 Å². The van der Waals surface area contributed by atoms with Gasteiger partial charge in [-0.15, -0.1) is 0 Å². The quantitative estimate of drug-likeness (QED) is 0.708. The number of likely N-dealkylation sites (tertiary alicyclic amines) is 1. The summed E-state index contributed by atoms with van der Waals surface area (Å²) in [6, 6.07) is 10.4. The Morgan fingerprint density at radius 2 is 2.04 bits per heavy atom. The van der Waals surface area contributed by atoms with E-state index in [1.807, 2.05) is 13.0 Å². The molecule has 0 radical (unpaired) electrons. The van der Waals surface area contributed by atoms with Crippen LogP contribution in [0, 0.1) is 5.92 Å². The molecule has 1 aromatic rings. The van der Waals surface area contributed by atoms with Gasteiger partial charge in [0.15, 0.2) is 0 Å². The molecule has 0 spiro atoms. The number of piperidine rings is 1. The molecule has 0 bridgehead atoms. The summed E-state index contributed by atoms with van der Waals surface area (Å²) >= 11 is 0. The number of nitrogens with one attached hydrogen (secondary N) is 1. The molecule has 1 aliphatic rings. The van der Waals surface area contributed by atoms with Crippen LogP contribution in [0.2, 0.25) is 0 Å². The normalized spacial score (nSPS) is 16.5. The van der Waals surface area contributed by atoms with E-state index in [2.05, 4.69) is 46.6 Å². The number of rotatable bonds is 9. The third kappa shape index (κ3) is 6.85. The summed E-state index contributed by atoms with van der Waals surface area (Å²) in [6.07, 6.45) is 7.18. The fourth-order valence-corrected chi connectivity index (χ4v) is 2.95. The number of amides is 1. The third-order valence-corrected chi connectivity index (χ3v) is 4.40. The zero-order valence-electron chi connectivity index (χ0n) is 14.7. The van der Waals surface area contributed by atoms with Gasteiger partial charge in [0.2, 0.25) is 5.91 Å². The Hall–Kier alpha value is -1.65. The summed E-state index contributed by atoms with van der Waals surface area (Å²) in [7, 11) is 0. The lowest BCUT2D eigenvalue weighted by atomic mass is 9.96. The minimum absolute atomic E-state index is 0.173. The Morgan fingerprint density at radius 3 is 2.75 bits per heavy atom. The predicted molar refractivity (Wildman–Crippen MR) is 98.8 cm³/mol. The van der Waals surface area contributed by atoms with E-state index in [1.54, 1.807) is 0 Å². The summed E-state index contributed by atoms with van der Waals surface area (Å²) < 4.78 is 5.28. The summed E-state index contributed by atoms with van der Waals surface area (Å²) in [6.45, 7) is 7.12. The van der Waals surface area contributed by atoms with Crippen LogP contribution in [0.5, 0.6) is 0 Å². The molecule has 132 valence electrons. The zero-order chi connectivity index (χ0) is 17.0. The molecule has 4 heteroatoms. The van der Waals surface area contributed by atoms with E-state index in [4.69, 9.17) is 4.74 Å². The SMILES string of the molecule is CCOCCCNC(=O)C1CCN(CC=Cc2ccccc2)CC1. The van der Waals surface area contributed by atoms with Crippen molar-refractivity contribution in [3.05, 3.63) is 42.0 Å². The molecule has 2 rings (SSSR count). The maximum absolute atomic E-state index is 12.2. The van der Waals surface area contributed by atoms with Crippen LogP contribution in [-0.4, -0.2) is 50.2 Å². The molecule has 0 unspecified atom stereocenters. The molecule has 1 aromatic carbocycles. The smallest absolute Gasteiger partial charge is 0.223 e. The van der Waals surface area contributed by atoms with Crippen molar-refractivity contribution in [2.24, 2.45) is 5.92 Å². The van der Waals surface area contributed by atoms with Crippen molar-refractivity contribution < 1.29 is 9.53 Å². The standard InChI is InChI=1S/C20H30N2O2/c1-2-24-17-7-13-21-20(23)19-11-15-22(16-12-19)14-6-10-18-8-4-3-5-9-18/h3-6,8-10,19H,2,7,11-17H2,1H3,(H,21,23). The van der Waals surface area contributed by atoms with E-state index in [0.717, 1.165) is 58.7 Å². The van der Waals surface area contributed by atoms with Crippen molar-refractivity contribution in [2.75, 3.05) is 39.4 Å². The van der Waals surface area contributed by atoms with E-state index in [1.165, 1.54) is 5.56 Å². The molecule has 1 saturated heterocycles. The van der Waals surface area contributed by atoms with Crippen LogP contribution < -0.4 is 5.32 Å². The summed E-state index contributed by atoms with van der Waals surface area (Å²) in [5.74, 6) is 0.387. The highest BCUT2D eigenvalue weighted by molar-refractivity contribution is 5.78. The van der Waals surface area contributed by atoms with Gasteiger partial charge < -0.3 is 10.1 Å². The van der Waals surface area contributed by atoms with Gasteiger partial charge in [0.25, 0.3) is 0 Å². The van der Waals surface area contributed by atoms with Crippen LogP contribution in [0.4, 0.5) is 0 Å². The first-order chi connectivity index (χ1) is 11.8. The first-order valence-electron chi connectivity index (χ1n) is 9.09. The molecule has 1 heterocycles. The summed E-state index contributed by atoms with van der Waals surface area (Å²) in [5, 5.41) is 3.04. The maximum atomic E-state index is 12.2. The monoisotopic (exact) mass is 330 g/mol. The lowest BCUT2D eigenvalue weighted by molar-refractivity contribution is -0.126. The second-order valence-electron chi connectivity index (χ2n) is 6.23. The second-order valence-corrected chi connectivity index (χ2v) is 6.23. The van der Waals surface area contributed by atoms with Crippen molar-refractivity contribution in [3.8, 4) is 0 Å². The number of carbonyl (C=O) groups is 1. The topological polar surface area (TPSA) is 41.6 Å². The predicted octanol–water partition coefficient (Wildman–Crippen LogP) is 2.95. The number of nitrogens with zero attached hydrogens (tertiary/aromatic N) is 1. The minimum Gasteiger partial charge on any atom is -0.382 e. The van der Waals surface area contributed by atoms with E-state index in [9.17, 15) is 4.79 Å². The molecule has 1 amide bonds. The molecule has 1 fully saturated rings. The fourth-order valence-electron chi connectivity index (χ4n) is 2.95. The second kappa shape index (κ2) is 11.0. The fraction of sp³-hybridized carbons (Fsp3) is 0.550. The van der Waals surface area contributed by atoms with Gasteiger partial charge in [-0.2, -0.15) is 0 Å². The molecular weight excluding hydrogens is 300 g/mol. The Morgan fingerprint density at radius 1 is 1.29 bits per heavy atom. The van der Waals surface area contributed by atoms with Crippen molar-refractivity contribution in [3.63, 3.8) is 0 Å². The van der Waals surface area contributed by atoms with E-state index in [0.29, 0.717) is 0 Å². The van der Waals surface area contributed by atoms with Crippen LogP contribution >= 0.6 is 0 Å². The highest BCUT2D eigenvalue weighted by Gasteiger charge is 2.23. The summed E-state index contributed by atoms with van der Waals surface area (Å²) in [5.41, 5.74) is 1.24. The van der Waals surface area contributed by atoms with Crippen LogP contribution in [0.25, 0.3) is 6.08 Å². The Balaban J connectivity index is 1.60. The van der Waals surface area contributed by atoms with Gasteiger partial charge >= 0.3 is 0 Å². The van der Waals surface area contributed by atoms with E-state index < -0.39 is 0 Å². The number of benzene rings is 1. The average Bonchev–Trinajstić information content (AvgIpc) is 2.63. The first kappa shape index (κ1) is 18.7. The van der Waals surface area contributed by atoms with Crippen LogP contribution in [-0.2, 0) is 9.53 Å². The molecule has 0 atom stereocenters. The molecule has 1 aliphatic heterocycles. The zero-order valence-corrected chi connectivity index (χ0v) is 14.7. The molecule has 4 nitrogen and oxygen atoms in total. The van der Waals surface area contributed by atoms with Crippen LogP contribution in [0.3, 0.4) is 0 Å². The van der Waals surface area contributed by atoms with Crippen molar-refractivity contribution >= 4 is 12.0 Å².